The number of hydrogen-bond donors (Lipinski definition) is 0. The molecule has 0 unspecified atom stereocenters. The number of methoxy groups -OCH3 is 1. The van der Waals surface area contributed by atoms with Crippen molar-refractivity contribution in [1.29, 1.82) is 0 Å². The van der Waals surface area contributed by atoms with Gasteiger partial charge in [-0.05, 0) is 49.9 Å². The quantitative estimate of drug-likeness (QED) is 0.733. The monoisotopic (exact) mass is 192 g/mol. The molecule has 1 aromatic carbocycles. The average Bonchev–Trinajstić information content (AvgIpc) is 2.72. The van der Waals surface area contributed by atoms with E-state index in [0.717, 1.165) is 11.5 Å². The maximum absolute atomic E-state index is 5.82. The van der Waals surface area contributed by atoms with E-state index in [1.807, 2.05) is 24.3 Å². The molecule has 0 amide bonds. The zero-order valence-electron chi connectivity index (χ0n) is 8.53. The fourth-order valence-electron chi connectivity index (χ4n) is 1.85. The SMILES string of the molecule is COc1ccc(OC2CCCC2)cc1. The third-order valence-electron chi connectivity index (χ3n) is 2.66. The van der Waals surface area contributed by atoms with Gasteiger partial charge in [-0.25, -0.2) is 0 Å². The van der Waals surface area contributed by atoms with Crippen LogP contribution in [0.5, 0.6) is 11.5 Å². The summed E-state index contributed by atoms with van der Waals surface area (Å²) in [6.45, 7) is 0. The van der Waals surface area contributed by atoms with E-state index in [4.69, 9.17) is 9.47 Å². The minimum Gasteiger partial charge on any atom is -0.497 e. The second-order valence-corrected chi connectivity index (χ2v) is 3.70. The Morgan fingerprint density at radius 1 is 1.00 bits per heavy atom. The summed E-state index contributed by atoms with van der Waals surface area (Å²) in [6, 6.07) is 7.81. The fourth-order valence-corrected chi connectivity index (χ4v) is 1.85. The van der Waals surface area contributed by atoms with Crippen LogP contribution in [-0.4, -0.2) is 13.2 Å². The van der Waals surface area contributed by atoms with E-state index < -0.39 is 0 Å². The molecule has 2 rings (SSSR count). The second-order valence-electron chi connectivity index (χ2n) is 3.70. The van der Waals surface area contributed by atoms with Gasteiger partial charge in [0.05, 0.1) is 13.2 Å². The first-order valence-electron chi connectivity index (χ1n) is 5.19. The zero-order valence-corrected chi connectivity index (χ0v) is 8.53. The molecule has 0 atom stereocenters. The van der Waals surface area contributed by atoms with Crippen LogP contribution in [0, 0.1) is 0 Å². The van der Waals surface area contributed by atoms with E-state index in [2.05, 4.69) is 0 Å². The van der Waals surface area contributed by atoms with Crippen molar-refractivity contribution >= 4 is 0 Å². The highest BCUT2D eigenvalue weighted by molar-refractivity contribution is 5.31. The first kappa shape index (κ1) is 9.38. The molecular formula is C12H16O2. The van der Waals surface area contributed by atoms with Crippen LogP contribution in [-0.2, 0) is 0 Å². The molecule has 0 aliphatic heterocycles. The summed E-state index contributed by atoms with van der Waals surface area (Å²) in [4.78, 5) is 0. The van der Waals surface area contributed by atoms with Gasteiger partial charge in [0.1, 0.15) is 11.5 Å². The van der Waals surface area contributed by atoms with Gasteiger partial charge < -0.3 is 9.47 Å². The smallest absolute Gasteiger partial charge is 0.119 e. The lowest BCUT2D eigenvalue weighted by Crippen LogP contribution is -2.10. The van der Waals surface area contributed by atoms with Gasteiger partial charge in [0.15, 0.2) is 0 Å². The van der Waals surface area contributed by atoms with Crippen LogP contribution in [0.1, 0.15) is 25.7 Å². The molecule has 0 aromatic heterocycles. The summed E-state index contributed by atoms with van der Waals surface area (Å²) in [7, 11) is 1.67. The molecule has 0 spiro atoms. The lowest BCUT2D eigenvalue weighted by Gasteiger charge is -2.12. The van der Waals surface area contributed by atoms with Gasteiger partial charge in [-0.15, -0.1) is 0 Å². The van der Waals surface area contributed by atoms with Gasteiger partial charge in [-0.2, -0.15) is 0 Å². The van der Waals surface area contributed by atoms with Crippen molar-refractivity contribution in [1.82, 2.24) is 0 Å². The van der Waals surface area contributed by atoms with E-state index in [9.17, 15) is 0 Å². The van der Waals surface area contributed by atoms with Crippen LogP contribution in [0.2, 0.25) is 0 Å². The number of benzene rings is 1. The molecule has 2 heteroatoms. The van der Waals surface area contributed by atoms with Crippen molar-refractivity contribution in [3.63, 3.8) is 0 Å². The van der Waals surface area contributed by atoms with E-state index in [1.54, 1.807) is 7.11 Å². The highest BCUT2D eigenvalue weighted by atomic mass is 16.5. The van der Waals surface area contributed by atoms with Gasteiger partial charge in [0.2, 0.25) is 0 Å². The van der Waals surface area contributed by atoms with Crippen molar-refractivity contribution in [3.8, 4) is 11.5 Å². The Balaban J connectivity index is 1.95. The summed E-state index contributed by atoms with van der Waals surface area (Å²) < 4.78 is 10.9. The Morgan fingerprint density at radius 2 is 1.57 bits per heavy atom. The standard InChI is InChI=1S/C12H16O2/c1-13-10-6-8-12(9-7-10)14-11-4-2-3-5-11/h6-9,11H,2-5H2,1H3. The Kier molecular flexibility index (Phi) is 2.92. The Morgan fingerprint density at radius 3 is 2.14 bits per heavy atom. The fraction of sp³-hybridized carbons (Fsp3) is 0.500. The predicted molar refractivity (Wildman–Crippen MR) is 55.9 cm³/mol. The number of hydrogen-bond acceptors (Lipinski definition) is 2. The van der Waals surface area contributed by atoms with Crippen molar-refractivity contribution in [2.45, 2.75) is 31.8 Å². The van der Waals surface area contributed by atoms with Gasteiger partial charge in [-0.1, -0.05) is 0 Å². The molecule has 2 nitrogen and oxygen atoms in total. The van der Waals surface area contributed by atoms with Crippen molar-refractivity contribution in [3.05, 3.63) is 24.3 Å². The minimum atomic E-state index is 0.434. The molecule has 0 N–H and O–H groups in total. The third-order valence-corrected chi connectivity index (χ3v) is 2.66. The molecule has 1 aromatic rings. The van der Waals surface area contributed by atoms with Crippen LogP contribution in [0.4, 0.5) is 0 Å². The summed E-state index contributed by atoms with van der Waals surface area (Å²) in [5.74, 6) is 1.83. The molecule has 14 heavy (non-hydrogen) atoms. The zero-order chi connectivity index (χ0) is 9.80. The van der Waals surface area contributed by atoms with Gasteiger partial charge in [0.25, 0.3) is 0 Å². The number of ether oxygens (including phenoxy) is 2. The highest BCUT2D eigenvalue weighted by Crippen LogP contribution is 2.25. The normalized spacial score (nSPS) is 16.9. The molecule has 0 heterocycles. The third kappa shape index (κ3) is 2.19. The Labute approximate surface area is 84.8 Å². The predicted octanol–water partition coefficient (Wildman–Crippen LogP) is 3.02. The van der Waals surface area contributed by atoms with E-state index in [0.29, 0.717) is 6.10 Å². The lowest BCUT2D eigenvalue weighted by atomic mass is 10.3. The van der Waals surface area contributed by atoms with Gasteiger partial charge in [0, 0.05) is 0 Å². The maximum atomic E-state index is 5.82. The van der Waals surface area contributed by atoms with Crippen LogP contribution >= 0.6 is 0 Å². The van der Waals surface area contributed by atoms with Crippen LogP contribution in [0.25, 0.3) is 0 Å². The van der Waals surface area contributed by atoms with Crippen LogP contribution in [0.15, 0.2) is 24.3 Å². The van der Waals surface area contributed by atoms with Crippen molar-refractivity contribution in [2.24, 2.45) is 0 Å². The van der Waals surface area contributed by atoms with E-state index in [1.165, 1.54) is 25.7 Å². The average molecular weight is 192 g/mol. The van der Waals surface area contributed by atoms with E-state index in [-0.39, 0.29) is 0 Å². The van der Waals surface area contributed by atoms with Crippen molar-refractivity contribution in [2.75, 3.05) is 7.11 Å². The topological polar surface area (TPSA) is 18.5 Å². The summed E-state index contributed by atoms with van der Waals surface area (Å²) in [5.41, 5.74) is 0. The minimum absolute atomic E-state index is 0.434. The molecule has 1 saturated carbocycles. The first-order chi connectivity index (χ1) is 6.88. The summed E-state index contributed by atoms with van der Waals surface area (Å²) in [5, 5.41) is 0. The summed E-state index contributed by atoms with van der Waals surface area (Å²) in [6.07, 6.45) is 5.45. The van der Waals surface area contributed by atoms with Gasteiger partial charge >= 0.3 is 0 Å². The molecule has 1 fully saturated rings. The Bertz CT molecular complexity index is 273. The molecule has 0 saturated heterocycles. The number of rotatable bonds is 3. The van der Waals surface area contributed by atoms with Crippen molar-refractivity contribution < 1.29 is 9.47 Å². The molecule has 1 aliphatic rings. The maximum Gasteiger partial charge on any atom is 0.119 e. The van der Waals surface area contributed by atoms with Crippen LogP contribution in [0.3, 0.4) is 0 Å². The van der Waals surface area contributed by atoms with Gasteiger partial charge in [-0.3, -0.25) is 0 Å². The molecule has 76 valence electrons. The van der Waals surface area contributed by atoms with E-state index >= 15 is 0 Å². The largest absolute Gasteiger partial charge is 0.497 e. The molecule has 1 aliphatic carbocycles. The lowest BCUT2D eigenvalue weighted by molar-refractivity contribution is 0.210. The molecule has 0 bridgehead atoms. The molecular weight excluding hydrogens is 176 g/mol. The second kappa shape index (κ2) is 4.36. The highest BCUT2D eigenvalue weighted by Gasteiger charge is 2.16. The van der Waals surface area contributed by atoms with Crippen LogP contribution < -0.4 is 9.47 Å². The molecule has 0 radical (unpaired) electrons. The Hall–Kier alpha value is -1.18. The first-order valence-corrected chi connectivity index (χ1v) is 5.19. The summed E-state index contributed by atoms with van der Waals surface area (Å²) >= 11 is 0.